The van der Waals surface area contributed by atoms with Crippen LogP contribution in [0, 0.1) is 5.41 Å². The number of hydrogen-bond donors (Lipinski definition) is 9. The Kier molecular flexibility index (Phi) is 11.0. The summed E-state index contributed by atoms with van der Waals surface area (Å²) in [6, 6.07) is -2.43. The molecule has 190 valence electrons. The van der Waals surface area contributed by atoms with Gasteiger partial charge in [-0.05, 0) is 19.9 Å². The van der Waals surface area contributed by atoms with Gasteiger partial charge in [0.1, 0.15) is 6.10 Å². The van der Waals surface area contributed by atoms with Crippen LogP contribution in [0.4, 0.5) is 4.79 Å². The summed E-state index contributed by atoms with van der Waals surface area (Å²) in [5.74, 6) is -1.20. The Balaban J connectivity index is 3.25. The first-order valence-electron chi connectivity index (χ1n) is 9.93. The Hall–Kier alpha value is -2.42. The SMILES string of the molecule is CC(=O)N[C@H]1[C@H]([C@H](OC(=O)NCCOC(C)C)[C@H](O)CO)OC(P(=O)(O)O)=C[C@@H]1NC(=N)N. The lowest BCUT2D eigenvalue weighted by Gasteiger charge is -2.41. The molecule has 0 saturated carbocycles. The van der Waals surface area contributed by atoms with Crippen LogP contribution in [0.1, 0.15) is 20.8 Å². The van der Waals surface area contributed by atoms with Crippen molar-refractivity contribution >= 4 is 25.6 Å². The van der Waals surface area contributed by atoms with Crippen molar-refractivity contribution in [2.24, 2.45) is 5.73 Å². The molecule has 1 aliphatic heterocycles. The third kappa shape index (κ3) is 9.53. The molecule has 0 bridgehead atoms. The van der Waals surface area contributed by atoms with Gasteiger partial charge in [0, 0.05) is 13.5 Å². The van der Waals surface area contributed by atoms with Gasteiger partial charge in [-0.3, -0.25) is 14.8 Å². The lowest BCUT2D eigenvalue weighted by molar-refractivity contribution is -0.126. The number of guanidine groups is 1. The van der Waals surface area contributed by atoms with E-state index in [-0.39, 0.29) is 19.3 Å². The number of alkyl carbamates (subject to hydrolysis) is 1. The average molecular weight is 497 g/mol. The van der Waals surface area contributed by atoms with Crippen LogP contribution in [-0.4, -0.2) is 94.2 Å². The van der Waals surface area contributed by atoms with Crippen molar-refractivity contribution in [3.63, 3.8) is 0 Å². The van der Waals surface area contributed by atoms with Crippen LogP contribution in [-0.2, 0) is 23.6 Å². The lowest BCUT2D eigenvalue weighted by atomic mass is 9.93. The number of rotatable bonds is 11. The van der Waals surface area contributed by atoms with Crippen molar-refractivity contribution in [2.45, 2.75) is 57.3 Å². The van der Waals surface area contributed by atoms with Crippen molar-refractivity contribution in [1.29, 1.82) is 5.41 Å². The molecule has 0 aromatic heterocycles. The summed E-state index contributed by atoms with van der Waals surface area (Å²) in [5.41, 5.74) is 4.48. The van der Waals surface area contributed by atoms with Crippen molar-refractivity contribution in [1.82, 2.24) is 16.0 Å². The molecule has 0 fully saturated rings. The standard InChI is InChI=1S/C17H32N5O10P/c1-8(2)30-5-4-20-17(26)32-14(11(25)7-23)15-13(21-9(3)24)10(22-16(18)19)6-12(31-15)33(27,28)29/h6,8,10-11,13-15,23,25H,4-5,7H2,1-3H3,(H,20,26)(H,21,24)(H4,18,19,22)(H2,27,28,29)/t10-,11+,13+,14+,15+/m0/s1. The number of nitrogens with one attached hydrogen (secondary N) is 4. The van der Waals surface area contributed by atoms with E-state index in [1.165, 1.54) is 0 Å². The zero-order valence-corrected chi connectivity index (χ0v) is 19.3. The third-order valence-electron chi connectivity index (χ3n) is 4.25. The molecule has 0 saturated heterocycles. The molecule has 0 unspecified atom stereocenters. The molecule has 15 nitrogen and oxygen atoms in total. The Morgan fingerprint density at radius 1 is 1.33 bits per heavy atom. The summed E-state index contributed by atoms with van der Waals surface area (Å²) in [6.45, 7) is 4.02. The first-order chi connectivity index (χ1) is 15.3. The third-order valence-corrected chi connectivity index (χ3v) is 5.08. The maximum Gasteiger partial charge on any atom is 0.407 e. The lowest BCUT2D eigenvalue weighted by Crippen LogP contribution is -2.64. The molecule has 0 radical (unpaired) electrons. The quantitative estimate of drug-likeness (QED) is 0.0629. The van der Waals surface area contributed by atoms with Crippen LogP contribution in [0.2, 0.25) is 0 Å². The molecule has 2 amide bonds. The number of nitrogens with two attached hydrogens (primary N) is 1. The van der Waals surface area contributed by atoms with Crippen LogP contribution in [0.3, 0.4) is 0 Å². The maximum atomic E-state index is 12.3. The number of carbonyl (C=O) groups is 2. The predicted octanol–water partition coefficient (Wildman–Crippen LogP) is -2.37. The second-order valence-electron chi connectivity index (χ2n) is 7.41. The Bertz CT molecular complexity index is 773. The molecule has 16 heteroatoms. The largest absolute Gasteiger partial charge is 0.476 e. The summed E-state index contributed by atoms with van der Waals surface area (Å²) < 4.78 is 27.7. The Morgan fingerprint density at radius 3 is 2.45 bits per heavy atom. The summed E-state index contributed by atoms with van der Waals surface area (Å²) in [4.78, 5) is 43.2. The average Bonchev–Trinajstić information content (AvgIpc) is 2.68. The van der Waals surface area contributed by atoms with Gasteiger partial charge in [-0.25, -0.2) is 4.79 Å². The Morgan fingerprint density at radius 2 is 1.97 bits per heavy atom. The predicted molar refractivity (Wildman–Crippen MR) is 114 cm³/mol. The summed E-state index contributed by atoms with van der Waals surface area (Å²) >= 11 is 0. The second kappa shape index (κ2) is 12.7. The van der Waals surface area contributed by atoms with E-state index in [4.69, 9.17) is 25.4 Å². The van der Waals surface area contributed by atoms with E-state index in [1.54, 1.807) is 13.8 Å². The molecule has 10 N–H and O–H groups in total. The molecular formula is C17H32N5O10P. The smallest absolute Gasteiger partial charge is 0.407 e. The van der Waals surface area contributed by atoms with Crippen LogP contribution in [0.15, 0.2) is 11.6 Å². The highest BCUT2D eigenvalue weighted by Gasteiger charge is 2.47. The number of aliphatic hydroxyl groups is 2. The maximum absolute atomic E-state index is 12.3. The zero-order valence-electron chi connectivity index (χ0n) is 18.4. The number of hydrogen-bond acceptors (Lipinski definition) is 9. The van der Waals surface area contributed by atoms with Gasteiger partial charge in [0.25, 0.3) is 0 Å². The molecule has 0 aliphatic carbocycles. The number of ether oxygens (including phenoxy) is 3. The summed E-state index contributed by atoms with van der Waals surface area (Å²) in [5, 5.41) is 34.5. The molecule has 0 spiro atoms. The number of carbonyl (C=O) groups excluding carboxylic acids is 2. The highest BCUT2D eigenvalue weighted by molar-refractivity contribution is 7.56. The number of aliphatic hydroxyl groups excluding tert-OH is 2. The van der Waals surface area contributed by atoms with Gasteiger partial charge >= 0.3 is 13.7 Å². The normalized spacial score (nSPS) is 22.4. The Labute approximate surface area is 190 Å². The van der Waals surface area contributed by atoms with Crippen molar-refractivity contribution in [3.8, 4) is 0 Å². The van der Waals surface area contributed by atoms with E-state index in [0.29, 0.717) is 0 Å². The van der Waals surface area contributed by atoms with Gasteiger partial charge in [-0.1, -0.05) is 0 Å². The van der Waals surface area contributed by atoms with E-state index in [9.17, 15) is 34.2 Å². The molecule has 33 heavy (non-hydrogen) atoms. The minimum atomic E-state index is -5.01. The van der Waals surface area contributed by atoms with Gasteiger partial charge in [0.15, 0.2) is 18.2 Å². The first kappa shape index (κ1) is 28.6. The van der Waals surface area contributed by atoms with Crippen LogP contribution in [0.5, 0.6) is 0 Å². The molecule has 5 atom stereocenters. The van der Waals surface area contributed by atoms with Crippen LogP contribution < -0.4 is 21.7 Å². The van der Waals surface area contributed by atoms with Crippen LogP contribution >= 0.6 is 7.60 Å². The van der Waals surface area contributed by atoms with E-state index in [0.717, 1.165) is 13.0 Å². The fourth-order valence-electron chi connectivity index (χ4n) is 2.95. The van der Waals surface area contributed by atoms with Gasteiger partial charge in [-0.2, -0.15) is 0 Å². The van der Waals surface area contributed by atoms with Crippen molar-refractivity contribution in [2.75, 3.05) is 19.8 Å². The topological polar surface area (TPSA) is 246 Å². The summed E-state index contributed by atoms with van der Waals surface area (Å²) in [6.07, 6.45) is -5.27. The highest BCUT2D eigenvalue weighted by Crippen LogP contribution is 2.48. The van der Waals surface area contributed by atoms with Crippen molar-refractivity contribution in [3.05, 3.63) is 11.6 Å². The molecular weight excluding hydrogens is 465 g/mol. The second-order valence-corrected chi connectivity index (χ2v) is 8.94. The summed E-state index contributed by atoms with van der Waals surface area (Å²) in [7, 11) is -5.01. The van der Waals surface area contributed by atoms with Gasteiger partial charge in [0.2, 0.25) is 11.4 Å². The molecule has 1 heterocycles. The minimum absolute atomic E-state index is 0.0434. The van der Waals surface area contributed by atoms with E-state index < -0.39 is 68.1 Å². The fraction of sp³-hybridized carbons (Fsp3) is 0.706. The molecule has 0 aromatic rings. The van der Waals surface area contributed by atoms with Gasteiger partial charge in [-0.15, -0.1) is 0 Å². The number of amides is 2. The van der Waals surface area contributed by atoms with Crippen LogP contribution in [0.25, 0.3) is 0 Å². The first-order valence-corrected chi connectivity index (χ1v) is 11.5. The van der Waals surface area contributed by atoms with Crippen molar-refractivity contribution < 1.29 is 48.4 Å². The van der Waals surface area contributed by atoms with E-state index >= 15 is 0 Å². The highest BCUT2D eigenvalue weighted by atomic mass is 31.2. The molecule has 1 rings (SSSR count). The minimum Gasteiger partial charge on any atom is -0.476 e. The van der Waals surface area contributed by atoms with Gasteiger partial charge in [0.05, 0.1) is 31.4 Å². The zero-order chi connectivity index (χ0) is 25.3. The fourth-order valence-corrected chi connectivity index (χ4v) is 3.56. The van der Waals surface area contributed by atoms with E-state index in [1.807, 2.05) is 0 Å². The molecule has 0 aromatic carbocycles. The van der Waals surface area contributed by atoms with Gasteiger partial charge < -0.3 is 55.9 Å². The monoisotopic (exact) mass is 497 g/mol. The van der Waals surface area contributed by atoms with E-state index in [2.05, 4.69) is 16.0 Å². The molecule has 1 aliphatic rings.